The highest BCUT2D eigenvalue weighted by Crippen LogP contribution is 2.26. The van der Waals surface area contributed by atoms with Gasteiger partial charge in [0.15, 0.2) is 0 Å². The lowest BCUT2D eigenvalue weighted by Gasteiger charge is -2.32. The molecule has 3 rings (SSSR count). The van der Waals surface area contributed by atoms with E-state index in [1.54, 1.807) is 12.3 Å². The van der Waals surface area contributed by atoms with E-state index in [4.69, 9.17) is 0 Å². The third-order valence-corrected chi connectivity index (χ3v) is 5.16. The molecule has 1 aliphatic heterocycles. The number of thioether (sulfide) groups is 1. The fourth-order valence-electron chi connectivity index (χ4n) is 2.77. The fraction of sp³-hybridized carbons (Fsp3) is 0.333. The summed E-state index contributed by atoms with van der Waals surface area (Å²) in [5.74, 6) is 1.69. The molecule has 1 saturated heterocycles. The average molecular weight is 312 g/mol. The molecule has 114 valence electrons. The Labute approximate surface area is 135 Å². The van der Waals surface area contributed by atoms with Crippen LogP contribution in [0.2, 0.25) is 0 Å². The van der Waals surface area contributed by atoms with Crippen LogP contribution in [0.3, 0.4) is 0 Å². The van der Waals surface area contributed by atoms with Crippen LogP contribution >= 0.6 is 11.8 Å². The van der Waals surface area contributed by atoms with E-state index in [0.29, 0.717) is 11.6 Å². The van der Waals surface area contributed by atoms with Crippen LogP contribution in [0.4, 0.5) is 0 Å². The summed E-state index contributed by atoms with van der Waals surface area (Å²) in [6.45, 7) is 1.69. The molecule has 0 bridgehead atoms. The molecule has 0 N–H and O–H groups in total. The van der Waals surface area contributed by atoms with Gasteiger partial charge < -0.3 is 4.90 Å². The van der Waals surface area contributed by atoms with Crippen LogP contribution in [0.1, 0.15) is 23.3 Å². The number of hydrogen-bond acceptors (Lipinski definition) is 3. The number of likely N-dealkylation sites (tertiary alicyclic amines) is 1. The van der Waals surface area contributed by atoms with Crippen LogP contribution in [-0.2, 0) is 0 Å². The molecule has 22 heavy (non-hydrogen) atoms. The van der Waals surface area contributed by atoms with E-state index in [2.05, 4.69) is 29.2 Å². The van der Waals surface area contributed by atoms with Gasteiger partial charge in [0.1, 0.15) is 5.69 Å². The zero-order valence-electron chi connectivity index (χ0n) is 12.5. The van der Waals surface area contributed by atoms with Gasteiger partial charge in [-0.05, 0) is 43.0 Å². The molecule has 3 nitrogen and oxygen atoms in total. The molecule has 1 aliphatic rings. The first kappa shape index (κ1) is 15.1. The number of aromatic nitrogens is 1. The van der Waals surface area contributed by atoms with Crippen molar-refractivity contribution >= 4 is 17.7 Å². The second-order valence-corrected chi connectivity index (χ2v) is 6.69. The van der Waals surface area contributed by atoms with Crippen molar-refractivity contribution in [1.29, 1.82) is 0 Å². The Morgan fingerprint density at radius 2 is 2.00 bits per heavy atom. The number of rotatable bonds is 4. The van der Waals surface area contributed by atoms with Crippen molar-refractivity contribution in [2.45, 2.75) is 17.7 Å². The van der Waals surface area contributed by atoms with E-state index in [0.717, 1.165) is 25.3 Å². The van der Waals surface area contributed by atoms with Crippen molar-refractivity contribution in [2.24, 2.45) is 5.92 Å². The SMILES string of the molecule is O=C(c1ccccn1)N1CCCC(CSc2ccccc2)C1. The summed E-state index contributed by atoms with van der Waals surface area (Å²) in [4.78, 5) is 19.9. The Bertz CT molecular complexity index is 603. The van der Waals surface area contributed by atoms with Gasteiger partial charge in [0.05, 0.1) is 0 Å². The fourth-order valence-corrected chi connectivity index (χ4v) is 3.82. The number of benzene rings is 1. The molecule has 0 spiro atoms. The molecule has 1 fully saturated rings. The van der Waals surface area contributed by atoms with Crippen LogP contribution in [0.15, 0.2) is 59.6 Å². The molecular weight excluding hydrogens is 292 g/mol. The highest BCUT2D eigenvalue weighted by Gasteiger charge is 2.25. The van der Waals surface area contributed by atoms with Crippen LogP contribution < -0.4 is 0 Å². The number of piperidine rings is 1. The summed E-state index contributed by atoms with van der Waals surface area (Å²) in [5, 5.41) is 0. The number of amides is 1. The minimum absolute atomic E-state index is 0.0648. The summed E-state index contributed by atoms with van der Waals surface area (Å²) in [6, 6.07) is 16.0. The average Bonchev–Trinajstić information content (AvgIpc) is 2.61. The topological polar surface area (TPSA) is 33.2 Å². The molecule has 1 amide bonds. The van der Waals surface area contributed by atoms with Crippen LogP contribution in [0, 0.1) is 5.92 Å². The van der Waals surface area contributed by atoms with Gasteiger partial charge in [-0.25, -0.2) is 0 Å². The first-order valence-electron chi connectivity index (χ1n) is 7.71. The Balaban J connectivity index is 1.56. The van der Waals surface area contributed by atoms with Crippen molar-refractivity contribution in [3.63, 3.8) is 0 Å². The van der Waals surface area contributed by atoms with Crippen LogP contribution in [-0.4, -0.2) is 34.6 Å². The zero-order chi connectivity index (χ0) is 15.2. The quantitative estimate of drug-likeness (QED) is 0.807. The largest absolute Gasteiger partial charge is 0.337 e. The predicted molar refractivity (Wildman–Crippen MR) is 90.0 cm³/mol. The predicted octanol–water partition coefficient (Wildman–Crippen LogP) is 3.73. The van der Waals surface area contributed by atoms with Gasteiger partial charge in [-0.2, -0.15) is 0 Å². The van der Waals surface area contributed by atoms with E-state index in [1.807, 2.05) is 34.9 Å². The third kappa shape index (κ3) is 3.89. The zero-order valence-corrected chi connectivity index (χ0v) is 13.3. The highest BCUT2D eigenvalue weighted by molar-refractivity contribution is 7.99. The molecule has 0 aliphatic carbocycles. The first-order chi connectivity index (χ1) is 10.8. The van der Waals surface area contributed by atoms with Gasteiger partial charge >= 0.3 is 0 Å². The van der Waals surface area contributed by atoms with Gasteiger partial charge in [-0.15, -0.1) is 11.8 Å². The Morgan fingerprint density at radius 1 is 1.18 bits per heavy atom. The molecule has 1 aromatic heterocycles. The normalized spacial score (nSPS) is 18.2. The molecule has 1 unspecified atom stereocenters. The molecule has 0 saturated carbocycles. The summed E-state index contributed by atoms with van der Waals surface area (Å²) in [5.41, 5.74) is 0.555. The Kier molecular flexibility index (Phi) is 5.11. The van der Waals surface area contributed by atoms with Crippen LogP contribution in [0.25, 0.3) is 0 Å². The summed E-state index contributed by atoms with van der Waals surface area (Å²) < 4.78 is 0. The number of nitrogens with zero attached hydrogens (tertiary/aromatic N) is 2. The maximum atomic E-state index is 12.5. The van der Waals surface area contributed by atoms with E-state index in [-0.39, 0.29) is 5.91 Å². The Morgan fingerprint density at radius 3 is 2.77 bits per heavy atom. The lowest BCUT2D eigenvalue weighted by atomic mass is 10.00. The standard InChI is InChI=1S/C18H20N2OS/c21-18(17-10-4-5-11-19-17)20-12-6-7-15(13-20)14-22-16-8-2-1-3-9-16/h1-5,8-11,15H,6-7,12-14H2. The highest BCUT2D eigenvalue weighted by atomic mass is 32.2. The van der Waals surface area contributed by atoms with Gasteiger partial charge in [0, 0.05) is 29.9 Å². The lowest BCUT2D eigenvalue weighted by Crippen LogP contribution is -2.40. The number of pyridine rings is 1. The van der Waals surface area contributed by atoms with Crippen molar-refractivity contribution in [3.05, 3.63) is 60.4 Å². The molecule has 2 aromatic rings. The second-order valence-electron chi connectivity index (χ2n) is 5.60. The maximum Gasteiger partial charge on any atom is 0.272 e. The molecule has 0 radical (unpaired) electrons. The van der Waals surface area contributed by atoms with Gasteiger partial charge in [0.2, 0.25) is 0 Å². The molecule has 1 atom stereocenters. The number of carbonyl (C=O) groups is 1. The van der Waals surface area contributed by atoms with E-state index >= 15 is 0 Å². The minimum Gasteiger partial charge on any atom is -0.337 e. The molecule has 4 heteroatoms. The number of carbonyl (C=O) groups excluding carboxylic acids is 1. The summed E-state index contributed by atoms with van der Waals surface area (Å²) in [7, 11) is 0. The lowest BCUT2D eigenvalue weighted by molar-refractivity contribution is 0.0679. The van der Waals surface area contributed by atoms with E-state index in [1.165, 1.54) is 11.3 Å². The second kappa shape index (κ2) is 7.45. The summed E-state index contributed by atoms with van der Waals surface area (Å²) >= 11 is 1.88. The van der Waals surface area contributed by atoms with Crippen molar-refractivity contribution in [3.8, 4) is 0 Å². The monoisotopic (exact) mass is 312 g/mol. The molecular formula is C18H20N2OS. The molecule has 2 heterocycles. The van der Waals surface area contributed by atoms with Crippen LogP contribution in [0.5, 0.6) is 0 Å². The van der Waals surface area contributed by atoms with E-state index < -0.39 is 0 Å². The third-order valence-electron chi connectivity index (χ3n) is 3.92. The van der Waals surface area contributed by atoms with E-state index in [9.17, 15) is 4.79 Å². The van der Waals surface area contributed by atoms with Crippen molar-refractivity contribution in [1.82, 2.24) is 9.88 Å². The number of hydrogen-bond donors (Lipinski definition) is 0. The molecule has 1 aromatic carbocycles. The Hall–Kier alpha value is -1.81. The van der Waals surface area contributed by atoms with Gasteiger partial charge in [0.25, 0.3) is 5.91 Å². The van der Waals surface area contributed by atoms with Crippen molar-refractivity contribution in [2.75, 3.05) is 18.8 Å². The van der Waals surface area contributed by atoms with Crippen molar-refractivity contribution < 1.29 is 4.79 Å². The minimum atomic E-state index is 0.0648. The maximum absolute atomic E-state index is 12.5. The first-order valence-corrected chi connectivity index (χ1v) is 8.69. The summed E-state index contributed by atoms with van der Waals surface area (Å²) in [6.07, 6.45) is 3.96. The van der Waals surface area contributed by atoms with Gasteiger partial charge in [-0.3, -0.25) is 9.78 Å². The van der Waals surface area contributed by atoms with Gasteiger partial charge in [-0.1, -0.05) is 24.3 Å². The smallest absolute Gasteiger partial charge is 0.272 e.